The van der Waals surface area contributed by atoms with Gasteiger partial charge in [0.05, 0.1) is 12.4 Å². The van der Waals surface area contributed by atoms with Crippen molar-refractivity contribution in [2.24, 2.45) is 0 Å². The Labute approximate surface area is 91.7 Å². The quantitative estimate of drug-likeness (QED) is 0.688. The molecule has 0 aromatic carbocycles. The van der Waals surface area contributed by atoms with Crippen LogP contribution in [0.3, 0.4) is 0 Å². The van der Waals surface area contributed by atoms with Crippen LogP contribution >= 0.6 is 0 Å². The summed E-state index contributed by atoms with van der Waals surface area (Å²) >= 11 is 0. The fourth-order valence-corrected chi connectivity index (χ4v) is 3.00. The summed E-state index contributed by atoms with van der Waals surface area (Å²) in [7, 11) is -3.22. The summed E-state index contributed by atoms with van der Waals surface area (Å²) in [5.74, 6) is -0.152. The van der Waals surface area contributed by atoms with Crippen LogP contribution in [0.15, 0.2) is 0 Å². The molecule has 15 heavy (non-hydrogen) atoms. The first-order chi connectivity index (χ1) is 7.10. The minimum absolute atomic E-state index is 0.152. The van der Waals surface area contributed by atoms with E-state index in [9.17, 15) is 8.42 Å². The predicted octanol–water partition coefficient (Wildman–Crippen LogP) is -0.664. The van der Waals surface area contributed by atoms with Crippen molar-refractivity contribution in [1.29, 1.82) is 0 Å². The number of aliphatic hydroxyl groups is 1. The van der Waals surface area contributed by atoms with Crippen molar-refractivity contribution < 1.29 is 13.5 Å². The van der Waals surface area contributed by atoms with Gasteiger partial charge in [-0.1, -0.05) is 6.92 Å². The maximum atomic E-state index is 11.6. The lowest BCUT2D eigenvalue weighted by atomic mass is 10.3. The molecule has 1 heterocycles. The highest BCUT2D eigenvalue weighted by Gasteiger charge is 2.25. The molecular formula is C9H20N2O3S. The van der Waals surface area contributed by atoms with Gasteiger partial charge in [-0.2, -0.15) is 4.31 Å². The molecule has 0 bridgehead atoms. The van der Waals surface area contributed by atoms with Gasteiger partial charge in [-0.25, -0.2) is 8.42 Å². The summed E-state index contributed by atoms with van der Waals surface area (Å²) < 4.78 is 24.7. The number of aliphatic hydroxyl groups excluding tert-OH is 1. The third-order valence-corrected chi connectivity index (χ3v) is 4.46. The van der Waals surface area contributed by atoms with Gasteiger partial charge in [0.1, 0.15) is 0 Å². The van der Waals surface area contributed by atoms with Gasteiger partial charge in [-0.3, -0.25) is 0 Å². The van der Waals surface area contributed by atoms with E-state index in [2.05, 4.69) is 11.8 Å². The Morgan fingerprint density at radius 2 is 1.80 bits per heavy atom. The highest BCUT2D eigenvalue weighted by molar-refractivity contribution is 7.89. The third kappa shape index (κ3) is 3.71. The zero-order valence-electron chi connectivity index (χ0n) is 9.22. The van der Waals surface area contributed by atoms with Crippen molar-refractivity contribution in [1.82, 2.24) is 9.21 Å². The first kappa shape index (κ1) is 12.9. The van der Waals surface area contributed by atoms with E-state index >= 15 is 0 Å². The van der Waals surface area contributed by atoms with E-state index in [1.54, 1.807) is 0 Å². The predicted molar refractivity (Wildman–Crippen MR) is 59.2 cm³/mol. The van der Waals surface area contributed by atoms with E-state index in [0.717, 1.165) is 26.1 Å². The largest absolute Gasteiger partial charge is 0.395 e. The number of sulfonamides is 1. The lowest BCUT2D eigenvalue weighted by Crippen LogP contribution is -2.49. The Hall–Kier alpha value is -0.170. The molecule has 0 aliphatic carbocycles. The molecule has 90 valence electrons. The normalized spacial score (nSPS) is 20.7. The van der Waals surface area contributed by atoms with Crippen LogP contribution in [-0.4, -0.2) is 67.8 Å². The van der Waals surface area contributed by atoms with Crippen LogP contribution in [0.25, 0.3) is 0 Å². The zero-order chi connectivity index (χ0) is 11.3. The fourth-order valence-electron chi connectivity index (χ4n) is 1.79. The minimum atomic E-state index is -3.22. The summed E-state index contributed by atoms with van der Waals surface area (Å²) in [6, 6.07) is 0. The standard InChI is InChI=1S/C9H20N2O3S/c1-2-3-10-4-6-11(7-5-10)15(13,14)9-8-12/h12H,2-9H2,1H3. The first-order valence-corrected chi connectivity index (χ1v) is 7.02. The number of hydrogen-bond acceptors (Lipinski definition) is 4. The molecule has 6 heteroatoms. The highest BCUT2D eigenvalue weighted by atomic mass is 32.2. The molecule has 0 aromatic rings. The fraction of sp³-hybridized carbons (Fsp3) is 1.00. The molecule has 0 aromatic heterocycles. The molecule has 0 amide bonds. The van der Waals surface area contributed by atoms with Gasteiger partial charge in [-0.05, 0) is 13.0 Å². The molecule has 1 saturated heterocycles. The summed E-state index contributed by atoms with van der Waals surface area (Å²) in [6.07, 6.45) is 1.10. The molecule has 1 rings (SSSR count). The van der Waals surface area contributed by atoms with Gasteiger partial charge in [0, 0.05) is 26.2 Å². The van der Waals surface area contributed by atoms with Crippen molar-refractivity contribution in [3.8, 4) is 0 Å². The number of rotatable bonds is 5. The molecule has 0 spiro atoms. The molecule has 0 atom stereocenters. The SMILES string of the molecule is CCCN1CCN(S(=O)(=O)CCO)CC1. The molecule has 1 fully saturated rings. The lowest BCUT2D eigenvalue weighted by Gasteiger charge is -2.33. The summed E-state index contributed by atoms with van der Waals surface area (Å²) in [4.78, 5) is 2.27. The van der Waals surface area contributed by atoms with Crippen molar-refractivity contribution in [2.45, 2.75) is 13.3 Å². The average Bonchev–Trinajstić information content (AvgIpc) is 2.19. The van der Waals surface area contributed by atoms with E-state index in [1.165, 1.54) is 4.31 Å². The molecule has 0 saturated carbocycles. The second-order valence-corrected chi connectivity index (χ2v) is 5.87. The van der Waals surface area contributed by atoms with Crippen molar-refractivity contribution in [3.63, 3.8) is 0 Å². The smallest absolute Gasteiger partial charge is 0.216 e. The Morgan fingerprint density at radius 1 is 1.20 bits per heavy atom. The molecule has 1 aliphatic heterocycles. The Kier molecular flexibility index (Phi) is 4.98. The van der Waals surface area contributed by atoms with Crippen molar-refractivity contribution >= 4 is 10.0 Å². The molecule has 1 aliphatic rings. The Morgan fingerprint density at radius 3 is 2.27 bits per heavy atom. The van der Waals surface area contributed by atoms with Crippen molar-refractivity contribution in [2.75, 3.05) is 45.1 Å². The summed E-state index contributed by atoms with van der Waals surface area (Å²) in [5, 5.41) is 8.65. The van der Waals surface area contributed by atoms with E-state index in [0.29, 0.717) is 13.1 Å². The maximum absolute atomic E-state index is 11.6. The van der Waals surface area contributed by atoms with Gasteiger partial charge in [-0.15, -0.1) is 0 Å². The minimum Gasteiger partial charge on any atom is -0.395 e. The van der Waals surface area contributed by atoms with E-state index < -0.39 is 10.0 Å². The van der Waals surface area contributed by atoms with Gasteiger partial charge >= 0.3 is 0 Å². The first-order valence-electron chi connectivity index (χ1n) is 5.41. The van der Waals surface area contributed by atoms with E-state index in [-0.39, 0.29) is 12.4 Å². The number of piperazine rings is 1. The van der Waals surface area contributed by atoms with Crippen LogP contribution in [-0.2, 0) is 10.0 Å². The van der Waals surface area contributed by atoms with Crippen LogP contribution in [0.2, 0.25) is 0 Å². The maximum Gasteiger partial charge on any atom is 0.216 e. The summed E-state index contributed by atoms with van der Waals surface area (Å²) in [6.45, 7) is 5.59. The average molecular weight is 236 g/mol. The van der Waals surface area contributed by atoms with Crippen molar-refractivity contribution in [3.05, 3.63) is 0 Å². The van der Waals surface area contributed by atoms with E-state index in [1.807, 2.05) is 0 Å². The second kappa shape index (κ2) is 5.79. The third-order valence-electron chi connectivity index (χ3n) is 2.61. The van der Waals surface area contributed by atoms with Gasteiger partial charge in [0.25, 0.3) is 0 Å². The van der Waals surface area contributed by atoms with Crippen LogP contribution in [0.5, 0.6) is 0 Å². The van der Waals surface area contributed by atoms with Gasteiger partial charge in [0.15, 0.2) is 0 Å². The number of nitrogens with zero attached hydrogens (tertiary/aromatic N) is 2. The molecule has 0 unspecified atom stereocenters. The topological polar surface area (TPSA) is 60.9 Å². The highest BCUT2D eigenvalue weighted by Crippen LogP contribution is 2.07. The Balaban J connectivity index is 2.43. The number of hydrogen-bond donors (Lipinski definition) is 1. The lowest BCUT2D eigenvalue weighted by molar-refractivity contribution is 0.188. The van der Waals surface area contributed by atoms with Crippen LogP contribution < -0.4 is 0 Å². The second-order valence-electron chi connectivity index (χ2n) is 3.78. The molecule has 1 N–H and O–H groups in total. The molecule has 0 radical (unpaired) electrons. The van der Waals surface area contributed by atoms with Crippen LogP contribution in [0, 0.1) is 0 Å². The van der Waals surface area contributed by atoms with Gasteiger partial charge in [0.2, 0.25) is 10.0 Å². The zero-order valence-corrected chi connectivity index (χ0v) is 10.0. The molecular weight excluding hydrogens is 216 g/mol. The van der Waals surface area contributed by atoms with Gasteiger partial charge < -0.3 is 10.0 Å². The van der Waals surface area contributed by atoms with E-state index in [4.69, 9.17) is 5.11 Å². The van der Waals surface area contributed by atoms with Crippen LogP contribution in [0.1, 0.15) is 13.3 Å². The molecule has 5 nitrogen and oxygen atoms in total. The monoisotopic (exact) mass is 236 g/mol. The Bertz CT molecular complexity index is 271. The van der Waals surface area contributed by atoms with Crippen LogP contribution in [0.4, 0.5) is 0 Å². The summed E-state index contributed by atoms with van der Waals surface area (Å²) in [5.41, 5.74) is 0.